The number of nitrogens with two attached hydrogens (primary N) is 1. The molecule has 1 unspecified atom stereocenters. The quantitative estimate of drug-likeness (QED) is 0.918. The predicted octanol–water partition coefficient (Wildman–Crippen LogP) is 3.27. The first-order valence-electron chi connectivity index (χ1n) is 5.82. The molecule has 2 rings (SSSR count). The van der Waals surface area contributed by atoms with Crippen molar-refractivity contribution < 1.29 is 0 Å². The zero-order chi connectivity index (χ0) is 13.2. The van der Waals surface area contributed by atoms with Crippen molar-refractivity contribution in [1.82, 2.24) is 4.98 Å². The Morgan fingerprint density at radius 3 is 2.61 bits per heavy atom. The Bertz CT molecular complexity index is 576. The van der Waals surface area contributed by atoms with Crippen molar-refractivity contribution in [3.05, 3.63) is 40.2 Å². The summed E-state index contributed by atoms with van der Waals surface area (Å²) in [5, 5.41) is 11.7. The Labute approximate surface area is 111 Å². The largest absolute Gasteiger partial charge is 0.320 e. The van der Waals surface area contributed by atoms with Crippen LogP contribution in [0.25, 0.3) is 11.3 Å². The minimum absolute atomic E-state index is 0.366. The Morgan fingerprint density at radius 1 is 1.39 bits per heavy atom. The molecule has 2 aromatic rings. The van der Waals surface area contributed by atoms with Gasteiger partial charge < -0.3 is 5.73 Å². The molecule has 0 saturated carbocycles. The van der Waals surface area contributed by atoms with Crippen LogP contribution in [0, 0.1) is 11.3 Å². The molecule has 0 aliphatic carbocycles. The van der Waals surface area contributed by atoms with Crippen molar-refractivity contribution >= 4 is 11.3 Å². The van der Waals surface area contributed by atoms with Crippen molar-refractivity contribution in [3.63, 3.8) is 0 Å². The van der Waals surface area contributed by atoms with E-state index in [-0.39, 0.29) is 5.54 Å². The number of nitriles is 1. The summed E-state index contributed by atoms with van der Waals surface area (Å²) < 4.78 is 0. The molecule has 0 amide bonds. The highest BCUT2D eigenvalue weighted by Crippen LogP contribution is 2.29. The van der Waals surface area contributed by atoms with E-state index in [1.807, 2.05) is 24.4 Å². The highest BCUT2D eigenvalue weighted by molar-refractivity contribution is 7.10. The van der Waals surface area contributed by atoms with Crippen LogP contribution in [0.15, 0.2) is 29.6 Å². The fourth-order valence-electron chi connectivity index (χ4n) is 1.54. The third kappa shape index (κ3) is 2.42. The van der Waals surface area contributed by atoms with E-state index >= 15 is 0 Å². The lowest BCUT2D eigenvalue weighted by Gasteiger charge is -2.18. The molecule has 0 fully saturated rings. The minimum atomic E-state index is -0.366. The molecule has 3 nitrogen and oxygen atoms in total. The van der Waals surface area contributed by atoms with E-state index in [1.54, 1.807) is 23.5 Å². The molecule has 1 heterocycles. The normalized spacial score (nSPS) is 13.9. The standard InChI is InChI=1S/C14H15N3S/c1-3-14(2,16)13-17-12(9-18-13)11-6-4-10(8-15)5-7-11/h4-7,9H,3,16H2,1-2H3. The van der Waals surface area contributed by atoms with Gasteiger partial charge in [0.1, 0.15) is 5.01 Å². The lowest BCUT2D eigenvalue weighted by Crippen LogP contribution is -2.31. The molecule has 4 heteroatoms. The number of nitrogens with zero attached hydrogens (tertiary/aromatic N) is 2. The Kier molecular flexibility index (Phi) is 3.46. The highest BCUT2D eigenvalue weighted by Gasteiger charge is 2.22. The van der Waals surface area contributed by atoms with Crippen LogP contribution in [0.2, 0.25) is 0 Å². The van der Waals surface area contributed by atoms with E-state index < -0.39 is 0 Å². The first-order valence-corrected chi connectivity index (χ1v) is 6.70. The van der Waals surface area contributed by atoms with Gasteiger partial charge in [0.25, 0.3) is 0 Å². The number of hydrogen-bond acceptors (Lipinski definition) is 4. The SMILES string of the molecule is CCC(C)(N)c1nc(-c2ccc(C#N)cc2)cs1. The molecule has 0 bridgehead atoms. The molecule has 92 valence electrons. The van der Waals surface area contributed by atoms with Crippen LogP contribution in [0.1, 0.15) is 30.8 Å². The van der Waals surface area contributed by atoms with Gasteiger partial charge in [-0.1, -0.05) is 19.1 Å². The van der Waals surface area contributed by atoms with Gasteiger partial charge in [0.15, 0.2) is 0 Å². The van der Waals surface area contributed by atoms with E-state index in [2.05, 4.69) is 18.0 Å². The summed E-state index contributed by atoms with van der Waals surface area (Å²) in [4.78, 5) is 4.59. The summed E-state index contributed by atoms with van der Waals surface area (Å²) in [7, 11) is 0. The molecular formula is C14H15N3S. The number of hydrogen-bond donors (Lipinski definition) is 1. The summed E-state index contributed by atoms with van der Waals surface area (Å²) in [6.07, 6.45) is 0.854. The Hall–Kier alpha value is -1.70. The van der Waals surface area contributed by atoms with E-state index in [0.29, 0.717) is 5.56 Å². The van der Waals surface area contributed by atoms with Gasteiger partial charge in [-0.2, -0.15) is 5.26 Å². The van der Waals surface area contributed by atoms with Crippen LogP contribution in [0.4, 0.5) is 0 Å². The summed E-state index contributed by atoms with van der Waals surface area (Å²) in [6, 6.07) is 9.54. The van der Waals surface area contributed by atoms with Crippen molar-refractivity contribution in [2.45, 2.75) is 25.8 Å². The second-order valence-electron chi connectivity index (χ2n) is 4.50. The number of benzene rings is 1. The molecule has 0 radical (unpaired) electrons. The van der Waals surface area contributed by atoms with Gasteiger partial charge >= 0.3 is 0 Å². The van der Waals surface area contributed by atoms with Crippen LogP contribution < -0.4 is 5.73 Å². The fraction of sp³-hybridized carbons (Fsp3) is 0.286. The maximum Gasteiger partial charge on any atom is 0.113 e. The molecule has 2 N–H and O–H groups in total. The number of thiazole rings is 1. The molecule has 0 spiro atoms. The smallest absolute Gasteiger partial charge is 0.113 e. The van der Waals surface area contributed by atoms with Gasteiger partial charge in [-0.3, -0.25) is 0 Å². The highest BCUT2D eigenvalue weighted by atomic mass is 32.1. The predicted molar refractivity (Wildman–Crippen MR) is 74.1 cm³/mol. The molecule has 1 aromatic carbocycles. The molecule has 18 heavy (non-hydrogen) atoms. The van der Waals surface area contributed by atoms with Crippen molar-refractivity contribution in [3.8, 4) is 17.3 Å². The van der Waals surface area contributed by atoms with Crippen molar-refractivity contribution in [1.29, 1.82) is 5.26 Å². The van der Waals surface area contributed by atoms with Gasteiger partial charge in [0, 0.05) is 10.9 Å². The zero-order valence-corrected chi connectivity index (χ0v) is 11.3. The number of aromatic nitrogens is 1. The third-order valence-corrected chi connectivity index (χ3v) is 4.16. The van der Waals surface area contributed by atoms with Gasteiger partial charge in [-0.05, 0) is 25.5 Å². The van der Waals surface area contributed by atoms with Crippen LogP contribution in [0.3, 0.4) is 0 Å². The molecule has 0 aliphatic rings. The number of rotatable bonds is 3. The second-order valence-corrected chi connectivity index (χ2v) is 5.36. The van der Waals surface area contributed by atoms with Crippen LogP contribution >= 0.6 is 11.3 Å². The lowest BCUT2D eigenvalue weighted by atomic mass is 10.0. The summed E-state index contributed by atoms with van der Waals surface area (Å²) in [5.41, 5.74) is 8.41. The van der Waals surface area contributed by atoms with E-state index in [1.165, 1.54) is 0 Å². The minimum Gasteiger partial charge on any atom is -0.320 e. The van der Waals surface area contributed by atoms with Gasteiger partial charge in [-0.15, -0.1) is 11.3 Å². The zero-order valence-electron chi connectivity index (χ0n) is 10.5. The van der Waals surface area contributed by atoms with Crippen LogP contribution in [-0.4, -0.2) is 4.98 Å². The lowest BCUT2D eigenvalue weighted by molar-refractivity contribution is 0.474. The molecule has 0 saturated heterocycles. The van der Waals surface area contributed by atoms with Gasteiger partial charge in [0.2, 0.25) is 0 Å². The maximum absolute atomic E-state index is 8.76. The maximum atomic E-state index is 8.76. The average molecular weight is 257 g/mol. The molecule has 1 aromatic heterocycles. The third-order valence-electron chi connectivity index (χ3n) is 3.04. The monoisotopic (exact) mass is 257 g/mol. The van der Waals surface area contributed by atoms with Gasteiger partial charge in [0.05, 0.1) is 22.9 Å². The summed E-state index contributed by atoms with van der Waals surface area (Å²) in [5.74, 6) is 0. The molecular weight excluding hydrogens is 242 g/mol. The molecule has 1 atom stereocenters. The van der Waals surface area contributed by atoms with E-state index in [4.69, 9.17) is 11.0 Å². The first kappa shape index (κ1) is 12.7. The average Bonchev–Trinajstić information content (AvgIpc) is 2.89. The molecule has 0 aliphatic heterocycles. The van der Waals surface area contributed by atoms with Crippen LogP contribution in [-0.2, 0) is 5.54 Å². The van der Waals surface area contributed by atoms with E-state index in [0.717, 1.165) is 22.7 Å². The first-order chi connectivity index (χ1) is 8.56. The Morgan fingerprint density at radius 2 is 2.06 bits per heavy atom. The van der Waals surface area contributed by atoms with Crippen molar-refractivity contribution in [2.24, 2.45) is 5.73 Å². The van der Waals surface area contributed by atoms with Crippen molar-refractivity contribution in [2.75, 3.05) is 0 Å². The van der Waals surface area contributed by atoms with E-state index in [9.17, 15) is 0 Å². The van der Waals surface area contributed by atoms with Gasteiger partial charge in [-0.25, -0.2) is 4.98 Å². The fourth-order valence-corrected chi connectivity index (χ4v) is 2.51. The summed E-state index contributed by atoms with van der Waals surface area (Å²) >= 11 is 1.58. The second kappa shape index (κ2) is 4.89. The topological polar surface area (TPSA) is 62.7 Å². The summed E-state index contributed by atoms with van der Waals surface area (Å²) in [6.45, 7) is 4.05. The Balaban J connectivity index is 2.32. The van der Waals surface area contributed by atoms with Crippen LogP contribution in [0.5, 0.6) is 0 Å².